The summed E-state index contributed by atoms with van der Waals surface area (Å²) in [6.45, 7) is 1.13. The van der Waals surface area contributed by atoms with E-state index in [2.05, 4.69) is 10.0 Å². The number of rotatable bonds is 3. The molecule has 94 valence electrons. The molecule has 0 aromatic carbocycles. The van der Waals surface area contributed by atoms with Gasteiger partial charge in [0.25, 0.3) is 0 Å². The quantitative estimate of drug-likeness (QED) is 0.251. The van der Waals surface area contributed by atoms with E-state index in [1.807, 2.05) is 0 Å². The van der Waals surface area contributed by atoms with Gasteiger partial charge in [0, 0.05) is 18.3 Å². The fraction of sp³-hybridized carbons (Fsp3) is 0.444. The summed E-state index contributed by atoms with van der Waals surface area (Å²) in [6, 6.07) is -1.51. The number of hydrogen-bond donors (Lipinski definition) is 1. The zero-order valence-electron chi connectivity index (χ0n) is 9.23. The summed E-state index contributed by atoms with van der Waals surface area (Å²) in [6.07, 6.45) is 0.0522. The summed E-state index contributed by atoms with van der Waals surface area (Å²) in [5.41, 5.74) is 7.94. The van der Waals surface area contributed by atoms with Crippen molar-refractivity contribution >= 4 is 17.8 Å². The second kappa shape index (κ2) is 4.04. The minimum Gasteiger partial charge on any atom is -0.476 e. The number of nitrogens with zero attached hydrogens (tertiary/aromatic N) is 4. The molecule has 2 heterocycles. The molecule has 1 saturated heterocycles. The highest BCUT2D eigenvalue weighted by Gasteiger charge is 2.56. The van der Waals surface area contributed by atoms with Crippen molar-refractivity contribution in [1.29, 1.82) is 0 Å². The van der Waals surface area contributed by atoms with Crippen LogP contribution in [0.3, 0.4) is 0 Å². The number of azide groups is 1. The van der Waals surface area contributed by atoms with Crippen molar-refractivity contribution in [2.75, 3.05) is 0 Å². The fourth-order valence-corrected chi connectivity index (χ4v) is 2.10. The molecule has 2 aliphatic rings. The predicted molar refractivity (Wildman–Crippen MR) is 54.6 cm³/mol. The predicted octanol–water partition coefficient (Wildman–Crippen LogP) is 0.139. The van der Waals surface area contributed by atoms with Gasteiger partial charge in [0.1, 0.15) is 11.8 Å². The summed E-state index contributed by atoms with van der Waals surface area (Å²) in [5.74, 6) is -2.71. The topological polar surface area (TPSA) is 133 Å². The zero-order chi connectivity index (χ0) is 13.4. The highest BCUT2D eigenvalue weighted by atomic mass is 16.5. The van der Waals surface area contributed by atoms with Crippen molar-refractivity contribution in [2.45, 2.75) is 25.4 Å². The molecule has 2 unspecified atom stereocenters. The SMILES string of the molecule is CC(=O)OC1=C(C(=O)O)N2C(=O)C(N=[N+]=[N-])C2C1. The second-order valence-corrected chi connectivity index (χ2v) is 3.80. The third kappa shape index (κ3) is 1.57. The second-order valence-electron chi connectivity index (χ2n) is 3.80. The van der Waals surface area contributed by atoms with E-state index in [9.17, 15) is 14.4 Å². The molecule has 2 aliphatic heterocycles. The van der Waals surface area contributed by atoms with Gasteiger partial charge in [-0.25, -0.2) is 4.79 Å². The number of amides is 1. The average molecular weight is 252 g/mol. The molecule has 9 heteroatoms. The molecule has 0 aliphatic carbocycles. The van der Waals surface area contributed by atoms with Crippen molar-refractivity contribution in [2.24, 2.45) is 5.11 Å². The average Bonchev–Trinajstić information content (AvgIpc) is 2.60. The molecule has 0 aromatic rings. The molecule has 0 spiro atoms. The lowest BCUT2D eigenvalue weighted by molar-refractivity contribution is -0.149. The summed E-state index contributed by atoms with van der Waals surface area (Å²) in [4.78, 5) is 37.0. The number of aliphatic carboxylic acids is 1. The van der Waals surface area contributed by atoms with Crippen LogP contribution in [0.4, 0.5) is 0 Å². The van der Waals surface area contributed by atoms with Crippen molar-refractivity contribution in [3.05, 3.63) is 21.9 Å². The van der Waals surface area contributed by atoms with Crippen LogP contribution in [-0.2, 0) is 19.1 Å². The van der Waals surface area contributed by atoms with Crippen LogP contribution in [0, 0.1) is 0 Å². The minimum absolute atomic E-state index is 0.0522. The molecule has 9 nitrogen and oxygen atoms in total. The smallest absolute Gasteiger partial charge is 0.356 e. The van der Waals surface area contributed by atoms with Gasteiger partial charge < -0.3 is 9.84 Å². The van der Waals surface area contributed by atoms with E-state index in [0.29, 0.717) is 0 Å². The first-order valence-electron chi connectivity index (χ1n) is 4.99. The van der Waals surface area contributed by atoms with E-state index in [-0.39, 0.29) is 17.9 Å². The first-order chi connectivity index (χ1) is 8.47. The van der Waals surface area contributed by atoms with Gasteiger partial charge in [-0.05, 0) is 5.53 Å². The van der Waals surface area contributed by atoms with Gasteiger partial charge in [-0.3, -0.25) is 14.5 Å². The van der Waals surface area contributed by atoms with Gasteiger partial charge in [-0.1, -0.05) is 5.11 Å². The van der Waals surface area contributed by atoms with Crippen molar-refractivity contribution in [3.63, 3.8) is 0 Å². The Morgan fingerprint density at radius 2 is 2.28 bits per heavy atom. The molecule has 0 saturated carbocycles. The van der Waals surface area contributed by atoms with Crippen LogP contribution in [0.5, 0.6) is 0 Å². The molecular weight excluding hydrogens is 244 g/mol. The lowest BCUT2D eigenvalue weighted by Gasteiger charge is -2.40. The molecule has 1 fully saturated rings. The summed E-state index contributed by atoms with van der Waals surface area (Å²) < 4.78 is 4.77. The Morgan fingerprint density at radius 3 is 2.78 bits per heavy atom. The van der Waals surface area contributed by atoms with Crippen LogP contribution in [0.1, 0.15) is 13.3 Å². The number of hydrogen-bond acceptors (Lipinski definition) is 5. The zero-order valence-corrected chi connectivity index (χ0v) is 9.23. The summed E-state index contributed by atoms with van der Waals surface area (Å²) >= 11 is 0. The number of fused-ring (bicyclic) bond motifs is 1. The molecule has 0 radical (unpaired) electrons. The van der Waals surface area contributed by atoms with Gasteiger partial charge in [-0.2, -0.15) is 0 Å². The van der Waals surface area contributed by atoms with Crippen LogP contribution in [-0.4, -0.2) is 39.9 Å². The summed E-state index contributed by atoms with van der Waals surface area (Å²) in [5, 5.41) is 12.3. The maximum absolute atomic E-state index is 11.6. The molecule has 1 N–H and O–H groups in total. The van der Waals surface area contributed by atoms with Crippen molar-refractivity contribution < 1.29 is 24.2 Å². The Bertz CT molecular complexity index is 533. The van der Waals surface area contributed by atoms with Gasteiger partial charge in [0.15, 0.2) is 5.70 Å². The number of carbonyl (C=O) groups excluding carboxylic acids is 2. The van der Waals surface area contributed by atoms with E-state index in [0.717, 1.165) is 11.8 Å². The molecular formula is C9H8N4O5. The minimum atomic E-state index is -1.36. The Morgan fingerprint density at radius 1 is 1.61 bits per heavy atom. The van der Waals surface area contributed by atoms with Gasteiger partial charge >= 0.3 is 11.9 Å². The van der Waals surface area contributed by atoms with E-state index < -0.39 is 29.9 Å². The van der Waals surface area contributed by atoms with E-state index in [1.54, 1.807) is 0 Å². The van der Waals surface area contributed by atoms with Gasteiger partial charge in [0.05, 0.1) is 6.04 Å². The van der Waals surface area contributed by atoms with Crippen molar-refractivity contribution in [1.82, 2.24) is 4.90 Å². The number of carboxylic acid groups (broad SMARTS) is 1. The van der Waals surface area contributed by atoms with Crippen molar-refractivity contribution in [3.8, 4) is 0 Å². The lowest BCUT2D eigenvalue weighted by Crippen LogP contribution is -2.61. The normalized spacial score (nSPS) is 25.2. The Hall–Kier alpha value is -2.54. The van der Waals surface area contributed by atoms with Crippen LogP contribution in [0.25, 0.3) is 10.4 Å². The molecule has 2 rings (SSSR count). The molecule has 0 bridgehead atoms. The molecule has 2 atom stereocenters. The first-order valence-corrected chi connectivity index (χ1v) is 4.99. The molecule has 1 amide bonds. The largest absolute Gasteiger partial charge is 0.476 e. The maximum atomic E-state index is 11.6. The van der Waals surface area contributed by atoms with Crippen LogP contribution >= 0.6 is 0 Å². The van der Waals surface area contributed by atoms with Crippen LogP contribution in [0.2, 0.25) is 0 Å². The van der Waals surface area contributed by atoms with Gasteiger partial charge in [-0.15, -0.1) is 0 Å². The van der Waals surface area contributed by atoms with E-state index >= 15 is 0 Å². The highest BCUT2D eigenvalue weighted by molar-refractivity contribution is 6.01. The van der Waals surface area contributed by atoms with E-state index in [1.165, 1.54) is 0 Å². The molecule has 0 aromatic heterocycles. The number of esters is 1. The Labute approximate surface area is 100 Å². The number of carbonyl (C=O) groups is 3. The third-order valence-corrected chi connectivity index (χ3v) is 2.73. The first kappa shape index (κ1) is 11.9. The Balaban J connectivity index is 2.32. The van der Waals surface area contributed by atoms with E-state index in [4.69, 9.17) is 15.4 Å². The van der Waals surface area contributed by atoms with Gasteiger partial charge in [0.2, 0.25) is 5.91 Å². The molecule has 18 heavy (non-hydrogen) atoms. The highest BCUT2D eigenvalue weighted by Crippen LogP contribution is 2.40. The monoisotopic (exact) mass is 252 g/mol. The van der Waals surface area contributed by atoms with Crippen LogP contribution < -0.4 is 0 Å². The van der Waals surface area contributed by atoms with Crippen LogP contribution in [0.15, 0.2) is 16.6 Å². The number of ether oxygens (including phenoxy) is 1. The fourth-order valence-electron chi connectivity index (χ4n) is 2.10. The maximum Gasteiger partial charge on any atom is 0.356 e. The third-order valence-electron chi connectivity index (χ3n) is 2.73. The summed E-state index contributed by atoms with van der Waals surface area (Å²) in [7, 11) is 0. The number of β-lactam (4-membered cyclic amide) rings is 1. The standard InChI is InChI=1S/C9H8N4O5/c1-3(14)18-5-2-4-6(11-12-10)8(15)13(4)7(5)9(16)17/h4,6H,2H2,1H3,(H,16,17). The Kier molecular flexibility index (Phi) is 2.68. The lowest BCUT2D eigenvalue weighted by atomic mass is 9.96. The number of carboxylic acids is 1.